The summed E-state index contributed by atoms with van der Waals surface area (Å²) >= 11 is 1.80. The summed E-state index contributed by atoms with van der Waals surface area (Å²) in [5, 5.41) is 3.33. The van der Waals surface area contributed by atoms with Crippen molar-refractivity contribution in [3.63, 3.8) is 0 Å². The third kappa shape index (κ3) is 3.26. The predicted octanol–water partition coefficient (Wildman–Crippen LogP) is 3.50. The number of para-hydroxylation sites is 2. The lowest BCUT2D eigenvalue weighted by atomic mass is 10.2. The minimum Gasteiger partial charge on any atom is -0.341 e. The van der Waals surface area contributed by atoms with Crippen LogP contribution in [-0.2, 0) is 4.79 Å². The number of nitrogens with zero attached hydrogens (tertiary/aromatic N) is 2. The van der Waals surface area contributed by atoms with Gasteiger partial charge in [0.2, 0.25) is 5.91 Å². The average molecular weight is 353 g/mol. The van der Waals surface area contributed by atoms with Gasteiger partial charge in [0, 0.05) is 42.4 Å². The first-order valence-electron chi connectivity index (χ1n) is 8.84. The van der Waals surface area contributed by atoms with Gasteiger partial charge < -0.3 is 15.1 Å². The number of fused-ring (bicyclic) bond motifs is 2. The fourth-order valence-corrected chi connectivity index (χ4v) is 4.68. The van der Waals surface area contributed by atoms with E-state index in [1.54, 1.807) is 11.8 Å². The number of amides is 1. The molecule has 2 aliphatic heterocycles. The maximum Gasteiger partial charge on any atom is 0.224 e. The van der Waals surface area contributed by atoms with Crippen LogP contribution in [0.3, 0.4) is 0 Å². The Morgan fingerprint density at radius 3 is 2.40 bits per heavy atom. The molecule has 2 aromatic carbocycles. The van der Waals surface area contributed by atoms with Gasteiger partial charge in [-0.25, -0.2) is 0 Å². The molecule has 4 nitrogen and oxygen atoms in total. The van der Waals surface area contributed by atoms with Crippen LogP contribution in [0.1, 0.15) is 12.8 Å². The summed E-state index contributed by atoms with van der Waals surface area (Å²) in [7, 11) is 1.94. The molecule has 1 saturated heterocycles. The second kappa shape index (κ2) is 7.10. The van der Waals surface area contributed by atoms with Crippen LogP contribution < -0.4 is 10.2 Å². The third-order valence-electron chi connectivity index (χ3n) is 5.06. The average Bonchev–Trinajstić information content (AvgIpc) is 3.19. The highest BCUT2D eigenvalue weighted by Crippen LogP contribution is 2.47. The van der Waals surface area contributed by atoms with E-state index in [4.69, 9.17) is 0 Å². The highest BCUT2D eigenvalue weighted by molar-refractivity contribution is 7.99. The first-order chi connectivity index (χ1) is 12.2. The monoisotopic (exact) mass is 353 g/mol. The number of benzene rings is 2. The normalized spacial score (nSPS) is 18.6. The molecule has 1 amide bonds. The quantitative estimate of drug-likeness (QED) is 0.913. The Morgan fingerprint density at radius 2 is 1.80 bits per heavy atom. The minimum absolute atomic E-state index is 0.224. The summed E-state index contributed by atoms with van der Waals surface area (Å²) in [5.41, 5.74) is 2.40. The molecule has 2 heterocycles. The van der Waals surface area contributed by atoms with Crippen molar-refractivity contribution in [3.05, 3.63) is 48.5 Å². The Morgan fingerprint density at radius 1 is 1.16 bits per heavy atom. The van der Waals surface area contributed by atoms with E-state index in [0.717, 1.165) is 19.5 Å². The van der Waals surface area contributed by atoms with Crippen LogP contribution >= 0.6 is 11.8 Å². The Bertz CT molecular complexity index is 728. The van der Waals surface area contributed by atoms with E-state index in [-0.39, 0.29) is 5.91 Å². The largest absolute Gasteiger partial charge is 0.341 e. The molecule has 1 N–H and O–H groups in total. The van der Waals surface area contributed by atoms with Gasteiger partial charge in [-0.3, -0.25) is 4.79 Å². The topological polar surface area (TPSA) is 35.6 Å². The number of hydrogen-bond acceptors (Lipinski definition) is 4. The Hall–Kier alpha value is -1.98. The van der Waals surface area contributed by atoms with E-state index < -0.39 is 0 Å². The Balaban J connectivity index is 1.53. The Labute approximate surface area is 153 Å². The standard InChI is InChI=1S/C20H23N3OS/c1-22(15-10-12-21-14-15)20(24)11-13-23-16-6-2-4-8-18(16)25-19-9-5-3-7-17(19)23/h2-9,15,21H,10-14H2,1H3. The molecule has 0 bridgehead atoms. The fourth-order valence-electron chi connectivity index (χ4n) is 3.58. The molecular formula is C20H23N3OS. The van der Waals surface area contributed by atoms with Crippen LogP contribution in [0.2, 0.25) is 0 Å². The smallest absolute Gasteiger partial charge is 0.224 e. The van der Waals surface area contributed by atoms with Gasteiger partial charge in [0.05, 0.1) is 11.4 Å². The highest BCUT2D eigenvalue weighted by atomic mass is 32.2. The molecule has 0 saturated carbocycles. The van der Waals surface area contributed by atoms with Crippen LogP contribution in [0.15, 0.2) is 58.3 Å². The van der Waals surface area contributed by atoms with Gasteiger partial charge in [0.1, 0.15) is 0 Å². The lowest BCUT2D eigenvalue weighted by Gasteiger charge is -2.33. The molecule has 1 fully saturated rings. The van der Waals surface area contributed by atoms with Crippen molar-refractivity contribution in [3.8, 4) is 0 Å². The third-order valence-corrected chi connectivity index (χ3v) is 6.19. The number of carbonyl (C=O) groups excluding carboxylic acids is 1. The van der Waals surface area contributed by atoms with E-state index in [1.165, 1.54) is 21.2 Å². The minimum atomic E-state index is 0.224. The molecule has 4 rings (SSSR count). The van der Waals surface area contributed by atoms with Gasteiger partial charge in [-0.1, -0.05) is 36.0 Å². The molecule has 0 aromatic heterocycles. The Kier molecular flexibility index (Phi) is 4.68. The second-order valence-electron chi connectivity index (χ2n) is 6.59. The summed E-state index contributed by atoms with van der Waals surface area (Å²) in [6.07, 6.45) is 1.58. The predicted molar refractivity (Wildman–Crippen MR) is 103 cm³/mol. The zero-order chi connectivity index (χ0) is 17.2. The zero-order valence-electron chi connectivity index (χ0n) is 14.4. The second-order valence-corrected chi connectivity index (χ2v) is 7.67. The van der Waals surface area contributed by atoms with Crippen LogP contribution in [0.25, 0.3) is 0 Å². The molecule has 0 aliphatic carbocycles. The van der Waals surface area contributed by atoms with Gasteiger partial charge in [0.15, 0.2) is 0 Å². The van der Waals surface area contributed by atoms with E-state index in [1.807, 2.05) is 11.9 Å². The summed E-state index contributed by atoms with van der Waals surface area (Å²) in [6.45, 7) is 2.62. The van der Waals surface area contributed by atoms with Gasteiger partial charge in [-0.05, 0) is 37.2 Å². The summed E-state index contributed by atoms with van der Waals surface area (Å²) in [4.78, 5) is 19.4. The molecular weight excluding hydrogens is 330 g/mol. The van der Waals surface area contributed by atoms with Crippen LogP contribution in [-0.4, -0.2) is 43.5 Å². The van der Waals surface area contributed by atoms with Crippen LogP contribution in [0, 0.1) is 0 Å². The molecule has 1 atom stereocenters. The molecule has 130 valence electrons. The van der Waals surface area contributed by atoms with Crippen LogP contribution in [0.5, 0.6) is 0 Å². The van der Waals surface area contributed by atoms with Gasteiger partial charge in [0.25, 0.3) is 0 Å². The van der Waals surface area contributed by atoms with Crippen molar-refractivity contribution in [1.29, 1.82) is 0 Å². The number of hydrogen-bond donors (Lipinski definition) is 1. The maximum atomic E-state index is 12.7. The number of likely N-dealkylation sites (N-methyl/N-ethyl adjacent to an activating group) is 1. The first-order valence-corrected chi connectivity index (χ1v) is 9.65. The highest BCUT2D eigenvalue weighted by Gasteiger charge is 2.26. The molecule has 2 aromatic rings. The zero-order valence-corrected chi connectivity index (χ0v) is 15.3. The van der Waals surface area contributed by atoms with E-state index in [2.05, 4.69) is 58.7 Å². The van der Waals surface area contributed by atoms with Gasteiger partial charge >= 0.3 is 0 Å². The van der Waals surface area contributed by atoms with Crippen molar-refractivity contribution in [2.75, 3.05) is 31.6 Å². The summed E-state index contributed by atoms with van der Waals surface area (Å²) in [6, 6.07) is 17.2. The molecule has 5 heteroatoms. The molecule has 0 spiro atoms. The van der Waals surface area contributed by atoms with Crippen molar-refractivity contribution < 1.29 is 4.79 Å². The van der Waals surface area contributed by atoms with Crippen molar-refractivity contribution >= 4 is 29.0 Å². The lowest BCUT2D eigenvalue weighted by molar-refractivity contribution is -0.131. The molecule has 1 unspecified atom stereocenters. The lowest BCUT2D eigenvalue weighted by Crippen LogP contribution is -2.39. The molecule has 2 aliphatic rings. The number of rotatable bonds is 4. The summed E-state index contributed by atoms with van der Waals surface area (Å²) in [5.74, 6) is 0.224. The first kappa shape index (κ1) is 16.5. The van der Waals surface area contributed by atoms with Crippen molar-refractivity contribution in [2.45, 2.75) is 28.7 Å². The van der Waals surface area contributed by atoms with Gasteiger partial charge in [-0.15, -0.1) is 0 Å². The SMILES string of the molecule is CN(C(=O)CCN1c2ccccc2Sc2ccccc21)C1CCNC1. The molecule has 25 heavy (non-hydrogen) atoms. The van der Waals surface area contributed by atoms with E-state index >= 15 is 0 Å². The van der Waals surface area contributed by atoms with Crippen molar-refractivity contribution in [2.24, 2.45) is 0 Å². The summed E-state index contributed by atoms with van der Waals surface area (Å²) < 4.78 is 0. The molecule has 0 radical (unpaired) electrons. The van der Waals surface area contributed by atoms with E-state index in [9.17, 15) is 4.79 Å². The number of carbonyl (C=O) groups is 1. The maximum absolute atomic E-state index is 12.7. The van der Waals surface area contributed by atoms with Crippen LogP contribution in [0.4, 0.5) is 11.4 Å². The number of anilines is 2. The van der Waals surface area contributed by atoms with E-state index in [0.29, 0.717) is 19.0 Å². The number of nitrogens with one attached hydrogen (secondary N) is 1. The fraction of sp³-hybridized carbons (Fsp3) is 0.350. The van der Waals surface area contributed by atoms with Crippen molar-refractivity contribution in [1.82, 2.24) is 10.2 Å². The van der Waals surface area contributed by atoms with Gasteiger partial charge in [-0.2, -0.15) is 0 Å².